The maximum absolute atomic E-state index is 6.63. The summed E-state index contributed by atoms with van der Waals surface area (Å²) in [6, 6.07) is 22.2. The number of fused-ring (bicyclic) bond motifs is 3. The predicted octanol–water partition coefficient (Wildman–Crippen LogP) is 6.37. The zero-order chi connectivity index (χ0) is 22.5. The molecule has 1 aromatic heterocycles. The molecule has 0 radical (unpaired) electrons. The van der Waals surface area contributed by atoms with Crippen LogP contribution in [0.2, 0.25) is 0 Å². The first-order valence-corrected chi connectivity index (χ1v) is 12.0. The number of hydrogen-bond donors (Lipinski definition) is 1. The summed E-state index contributed by atoms with van der Waals surface area (Å²) in [6.07, 6.45) is 1.27. The minimum absolute atomic E-state index is 0.219. The standard InChI is InChI=1S/C25H18Br2N4O2/c1-32-20-11-8-15(12-18(20)27)23-21-22(30-25-28-13-29-31(23)25)17-4-2-3-5-19(17)33-24(21)14-6-9-16(26)10-7-14/h2-13,23-24H,1H3,(H,28,29,30)/t23-,24+/m0/s1. The van der Waals surface area contributed by atoms with Crippen molar-refractivity contribution in [3.63, 3.8) is 0 Å². The van der Waals surface area contributed by atoms with Crippen LogP contribution in [0.5, 0.6) is 11.5 Å². The molecule has 0 bridgehead atoms. The fourth-order valence-electron chi connectivity index (χ4n) is 4.50. The van der Waals surface area contributed by atoms with Crippen LogP contribution in [0.4, 0.5) is 5.95 Å². The van der Waals surface area contributed by atoms with Gasteiger partial charge < -0.3 is 14.8 Å². The molecule has 0 amide bonds. The van der Waals surface area contributed by atoms with Gasteiger partial charge in [0.15, 0.2) is 0 Å². The van der Waals surface area contributed by atoms with Gasteiger partial charge in [0, 0.05) is 15.6 Å². The van der Waals surface area contributed by atoms with Gasteiger partial charge >= 0.3 is 0 Å². The summed E-state index contributed by atoms with van der Waals surface area (Å²) in [6.45, 7) is 0. The lowest BCUT2D eigenvalue weighted by molar-refractivity contribution is 0.223. The third kappa shape index (κ3) is 3.36. The first kappa shape index (κ1) is 20.5. The van der Waals surface area contributed by atoms with Gasteiger partial charge in [-0.2, -0.15) is 10.1 Å². The van der Waals surface area contributed by atoms with Gasteiger partial charge in [0.2, 0.25) is 5.95 Å². The lowest BCUT2D eigenvalue weighted by Gasteiger charge is -2.39. The zero-order valence-electron chi connectivity index (χ0n) is 17.5. The van der Waals surface area contributed by atoms with E-state index in [9.17, 15) is 0 Å². The van der Waals surface area contributed by atoms with Crippen molar-refractivity contribution in [2.45, 2.75) is 12.1 Å². The number of nitrogens with one attached hydrogen (secondary N) is 1. The number of para-hydroxylation sites is 1. The molecular weight excluding hydrogens is 548 g/mol. The van der Waals surface area contributed by atoms with Crippen LogP contribution in [0.25, 0.3) is 5.70 Å². The third-order valence-corrected chi connectivity index (χ3v) is 7.13. The summed E-state index contributed by atoms with van der Waals surface area (Å²) in [5.74, 6) is 2.30. The van der Waals surface area contributed by atoms with Gasteiger partial charge in [0.25, 0.3) is 0 Å². The summed E-state index contributed by atoms with van der Waals surface area (Å²) in [4.78, 5) is 4.49. The second-order valence-electron chi connectivity index (χ2n) is 7.83. The highest BCUT2D eigenvalue weighted by Gasteiger charge is 2.41. The average Bonchev–Trinajstić information content (AvgIpc) is 3.31. The van der Waals surface area contributed by atoms with E-state index in [0.717, 1.165) is 48.4 Å². The summed E-state index contributed by atoms with van der Waals surface area (Å²) in [7, 11) is 1.66. The van der Waals surface area contributed by atoms with Crippen LogP contribution in [0, 0.1) is 0 Å². The van der Waals surface area contributed by atoms with Crippen molar-refractivity contribution in [3.8, 4) is 11.5 Å². The Hall–Kier alpha value is -3.10. The van der Waals surface area contributed by atoms with Crippen LogP contribution < -0.4 is 14.8 Å². The van der Waals surface area contributed by atoms with E-state index >= 15 is 0 Å². The van der Waals surface area contributed by atoms with E-state index in [2.05, 4.69) is 77.6 Å². The van der Waals surface area contributed by atoms with Crippen molar-refractivity contribution in [1.29, 1.82) is 0 Å². The molecule has 3 heterocycles. The number of hydrogen-bond acceptors (Lipinski definition) is 5. The monoisotopic (exact) mass is 564 g/mol. The van der Waals surface area contributed by atoms with Gasteiger partial charge in [-0.15, -0.1) is 0 Å². The van der Waals surface area contributed by atoms with Gasteiger partial charge in [-0.05, 0) is 63.5 Å². The normalized spacial score (nSPS) is 18.5. The lowest BCUT2D eigenvalue weighted by Crippen LogP contribution is -2.32. The Morgan fingerprint density at radius 2 is 1.79 bits per heavy atom. The Morgan fingerprint density at radius 3 is 2.58 bits per heavy atom. The van der Waals surface area contributed by atoms with Crippen molar-refractivity contribution in [1.82, 2.24) is 14.8 Å². The average molecular weight is 566 g/mol. The van der Waals surface area contributed by atoms with Crippen molar-refractivity contribution in [2.24, 2.45) is 0 Å². The molecule has 2 aliphatic rings. The summed E-state index contributed by atoms with van der Waals surface area (Å²) in [5.41, 5.74) is 5.19. The molecule has 6 nitrogen and oxygen atoms in total. The summed E-state index contributed by atoms with van der Waals surface area (Å²) >= 11 is 7.19. The predicted molar refractivity (Wildman–Crippen MR) is 133 cm³/mol. The van der Waals surface area contributed by atoms with Gasteiger partial charge in [-0.3, -0.25) is 0 Å². The molecule has 0 fully saturated rings. The Morgan fingerprint density at radius 1 is 1.00 bits per heavy atom. The molecule has 8 heteroatoms. The fourth-order valence-corrected chi connectivity index (χ4v) is 5.33. The molecule has 33 heavy (non-hydrogen) atoms. The quantitative estimate of drug-likeness (QED) is 0.313. The van der Waals surface area contributed by atoms with E-state index < -0.39 is 0 Å². The van der Waals surface area contributed by atoms with E-state index in [-0.39, 0.29) is 12.1 Å². The third-order valence-electron chi connectivity index (χ3n) is 5.99. The Labute approximate surface area is 207 Å². The molecule has 164 valence electrons. The second kappa shape index (κ2) is 8.04. The van der Waals surface area contributed by atoms with E-state index in [4.69, 9.17) is 9.47 Å². The minimum atomic E-state index is -0.307. The largest absolute Gasteiger partial charge is 0.496 e. The highest BCUT2D eigenvalue weighted by atomic mass is 79.9. The van der Waals surface area contributed by atoms with Gasteiger partial charge in [0.05, 0.1) is 17.3 Å². The maximum atomic E-state index is 6.63. The lowest BCUT2D eigenvalue weighted by atomic mass is 9.84. The number of ether oxygens (including phenoxy) is 2. The molecule has 0 saturated carbocycles. The molecule has 6 rings (SSSR count). The van der Waals surface area contributed by atoms with Crippen LogP contribution in [-0.4, -0.2) is 21.9 Å². The number of nitrogens with zero attached hydrogens (tertiary/aromatic N) is 3. The van der Waals surface area contributed by atoms with Crippen LogP contribution in [0.1, 0.15) is 28.8 Å². The first-order chi connectivity index (χ1) is 16.1. The highest BCUT2D eigenvalue weighted by Crippen LogP contribution is 2.51. The molecule has 0 spiro atoms. The van der Waals surface area contributed by atoms with E-state index in [1.165, 1.54) is 0 Å². The Bertz CT molecular complexity index is 1400. The van der Waals surface area contributed by atoms with E-state index in [0.29, 0.717) is 5.95 Å². The summed E-state index contributed by atoms with van der Waals surface area (Å²) in [5, 5.41) is 8.10. The van der Waals surface area contributed by atoms with Crippen LogP contribution >= 0.6 is 31.9 Å². The second-order valence-corrected chi connectivity index (χ2v) is 9.60. The number of benzene rings is 3. The minimum Gasteiger partial charge on any atom is -0.496 e. The molecule has 4 aromatic rings. The van der Waals surface area contributed by atoms with Crippen LogP contribution in [-0.2, 0) is 0 Å². The van der Waals surface area contributed by atoms with Crippen molar-refractivity contribution >= 4 is 43.5 Å². The summed E-state index contributed by atoms with van der Waals surface area (Å²) < 4.78 is 15.9. The SMILES string of the molecule is COc1ccc([C@H]2C3=C(Nc4ncnn42)c2ccccc2O[C@@H]3c2ccc(Br)cc2)cc1Br. The smallest absolute Gasteiger partial charge is 0.226 e. The number of halogens is 2. The molecule has 0 saturated heterocycles. The van der Waals surface area contributed by atoms with Crippen molar-refractivity contribution in [2.75, 3.05) is 12.4 Å². The number of rotatable bonds is 3. The molecule has 2 aliphatic heterocycles. The highest BCUT2D eigenvalue weighted by molar-refractivity contribution is 9.10. The molecular formula is C25H18Br2N4O2. The molecule has 2 atom stereocenters. The van der Waals surface area contributed by atoms with Crippen LogP contribution in [0.15, 0.2) is 87.6 Å². The maximum Gasteiger partial charge on any atom is 0.226 e. The van der Waals surface area contributed by atoms with Gasteiger partial charge in [-0.1, -0.05) is 46.3 Å². The fraction of sp³-hybridized carbons (Fsp3) is 0.120. The van der Waals surface area contributed by atoms with E-state index in [1.807, 2.05) is 41.1 Å². The van der Waals surface area contributed by atoms with E-state index in [1.54, 1.807) is 13.4 Å². The number of anilines is 1. The number of aromatic nitrogens is 3. The Kier molecular flexibility index (Phi) is 4.99. The molecule has 3 aromatic carbocycles. The van der Waals surface area contributed by atoms with Gasteiger partial charge in [0.1, 0.15) is 30.0 Å². The van der Waals surface area contributed by atoms with Gasteiger partial charge in [-0.25, -0.2) is 4.68 Å². The van der Waals surface area contributed by atoms with Crippen molar-refractivity contribution < 1.29 is 9.47 Å². The number of methoxy groups -OCH3 is 1. The Balaban J connectivity index is 1.61. The zero-order valence-corrected chi connectivity index (χ0v) is 20.7. The van der Waals surface area contributed by atoms with Crippen LogP contribution in [0.3, 0.4) is 0 Å². The topological polar surface area (TPSA) is 61.2 Å². The molecule has 0 unspecified atom stereocenters. The molecule has 0 aliphatic carbocycles. The molecule has 1 N–H and O–H groups in total. The first-order valence-electron chi connectivity index (χ1n) is 10.4. The van der Waals surface area contributed by atoms with Crippen molar-refractivity contribution in [3.05, 3.63) is 104 Å².